The summed E-state index contributed by atoms with van der Waals surface area (Å²) in [4.78, 5) is 0. The molecular weight excluding hydrogens is 346 g/mol. The number of hydrogen-bond donors (Lipinski definition) is 2. The maximum atomic E-state index is 4.72. The molecule has 0 amide bonds. The average Bonchev–Trinajstić information content (AvgIpc) is 2.63. The summed E-state index contributed by atoms with van der Waals surface area (Å²) in [5.41, 5.74) is 1.24. The minimum absolute atomic E-state index is 0.211. The van der Waals surface area contributed by atoms with Gasteiger partial charge in [0.05, 0.1) is 0 Å². The van der Waals surface area contributed by atoms with Crippen molar-refractivity contribution in [2.75, 3.05) is 6.54 Å². The van der Waals surface area contributed by atoms with Crippen LogP contribution in [-0.4, -0.2) is 11.3 Å². The van der Waals surface area contributed by atoms with Crippen molar-refractivity contribution in [1.29, 1.82) is 0 Å². The molecule has 1 aliphatic rings. The summed E-state index contributed by atoms with van der Waals surface area (Å²) in [5.74, 6) is 3.82. The predicted molar refractivity (Wildman–Crippen MR) is 127 cm³/mol. The van der Waals surface area contributed by atoms with Crippen LogP contribution < -0.4 is 5.32 Å². The first-order valence-corrected chi connectivity index (χ1v) is 12.4. The van der Waals surface area contributed by atoms with Crippen molar-refractivity contribution in [2.45, 2.75) is 116 Å². The Kier molecular flexibility index (Phi) is 12.2. The van der Waals surface area contributed by atoms with Gasteiger partial charge in [0, 0.05) is 17.0 Å². The third kappa shape index (κ3) is 10.3. The van der Waals surface area contributed by atoms with E-state index in [1.165, 1.54) is 69.9 Å². The second-order valence-electron chi connectivity index (χ2n) is 9.78. The van der Waals surface area contributed by atoms with E-state index in [0.717, 1.165) is 43.1 Å². The van der Waals surface area contributed by atoms with Gasteiger partial charge in [0.25, 0.3) is 0 Å². The summed E-state index contributed by atoms with van der Waals surface area (Å²) in [5, 5.41) is 3.53. The zero-order valence-corrected chi connectivity index (χ0v) is 20.1. The molecule has 1 saturated carbocycles. The Morgan fingerprint density at radius 3 is 2.48 bits per heavy atom. The van der Waals surface area contributed by atoms with Crippen molar-refractivity contribution in [3.05, 3.63) is 12.3 Å². The van der Waals surface area contributed by atoms with E-state index in [1.807, 2.05) is 0 Å². The van der Waals surface area contributed by atoms with Crippen LogP contribution in [0.15, 0.2) is 12.3 Å². The van der Waals surface area contributed by atoms with Gasteiger partial charge in [0.1, 0.15) is 0 Å². The highest BCUT2D eigenvalue weighted by atomic mass is 32.1. The van der Waals surface area contributed by atoms with Crippen LogP contribution in [0.1, 0.15) is 112 Å². The molecule has 27 heavy (non-hydrogen) atoms. The highest BCUT2D eigenvalue weighted by molar-refractivity contribution is 7.81. The van der Waals surface area contributed by atoms with Crippen LogP contribution in [0.5, 0.6) is 0 Å². The van der Waals surface area contributed by atoms with Crippen LogP contribution in [0, 0.1) is 23.7 Å². The van der Waals surface area contributed by atoms with Gasteiger partial charge in [0.2, 0.25) is 0 Å². The van der Waals surface area contributed by atoms with Crippen molar-refractivity contribution >= 4 is 12.6 Å². The number of unbranched alkanes of at least 4 members (excludes halogenated alkanes) is 3. The largest absolute Gasteiger partial charge is 0.389 e. The zero-order chi connectivity index (χ0) is 20.3. The van der Waals surface area contributed by atoms with Crippen molar-refractivity contribution in [1.82, 2.24) is 5.32 Å². The second-order valence-corrected chi connectivity index (χ2v) is 10.9. The third-order valence-corrected chi connectivity index (χ3v) is 7.92. The zero-order valence-electron chi connectivity index (χ0n) is 19.2. The number of allylic oxidation sites excluding steroid dienone is 1. The van der Waals surface area contributed by atoms with E-state index < -0.39 is 0 Å². The summed E-state index contributed by atoms with van der Waals surface area (Å²) in [6, 6.07) is 0. The van der Waals surface area contributed by atoms with Crippen LogP contribution in [0.3, 0.4) is 0 Å². The smallest absolute Gasteiger partial charge is 0.0143 e. The molecule has 0 bridgehead atoms. The van der Waals surface area contributed by atoms with Gasteiger partial charge >= 0.3 is 0 Å². The molecule has 0 heterocycles. The monoisotopic (exact) mass is 395 g/mol. The first-order valence-electron chi connectivity index (χ1n) is 11.9. The molecule has 1 nitrogen and oxygen atoms in total. The lowest BCUT2D eigenvalue weighted by Crippen LogP contribution is -2.29. The fraction of sp³-hybridized carbons (Fsp3) is 0.920. The third-order valence-electron chi connectivity index (χ3n) is 7.38. The fourth-order valence-electron chi connectivity index (χ4n) is 4.83. The normalized spacial score (nSPS) is 27.9. The van der Waals surface area contributed by atoms with Gasteiger partial charge in [-0.2, -0.15) is 12.6 Å². The summed E-state index contributed by atoms with van der Waals surface area (Å²) in [6.07, 6.45) is 15.8. The van der Waals surface area contributed by atoms with Crippen LogP contribution in [0.4, 0.5) is 0 Å². The molecule has 160 valence electrons. The van der Waals surface area contributed by atoms with Gasteiger partial charge < -0.3 is 5.32 Å². The molecule has 0 spiro atoms. The molecule has 0 aromatic heterocycles. The maximum absolute atomic E-state index is 4.72. The van der Waals surface area contributed by atoms with E-state index in [0.29, 0.717) is 0 Å². The molecule has 0 aromatic carbocycles. The number of rotatable bonds is 14. The van der Waals surface area contributed by atoms with Gasteiger partial charge in [-0.15, -0.1) is 0 Å². The summed E-state index contributed by atoms with van der Waals surface area (Å²) in [6.45, 7) is 17.1. The van der Waals surface area contributed by atoms with E-state index in [2.05, 4.69) is 46.5 Å². The first kappa shape index (κ1) is 24.9. The lowest BCUT2D eigenvalue weighted by atomic mass is 9.67. The van der Waals surface area contributed by atoms with Crippen molar-refractivity contribution in [3.63, 3.8) is 0 Å². The highest BCUT2D eigenvalue weighted by Gasteiger charge is 2.31. The van der Waals surface area contributed by atoms with E-state index >= 15 is 0 Å². The molecule has 0 radical (unpaired) electrons. The number of hydrogen-bond acceptors (Lipinski definition) is 2. The number of thiol groups is 1. The molecule has 1 aliphatic carbocycles. The summed E-state index contributed by atoms with van der Waals surface area (Å²) >= 11 is 4.72. The van der Waals surface area contributed by atoms with E-state index in [9.17, 15) is 0 Å². The predicted octanol–water partition coefficient (Wildman–Crippen LogP) is 8.02. The Morgan fingerprint density at radius 2 is 1.81 bits per heavy atom. The van der Waals surface area contributed by atoms with Crippen LogP contribution in [0.2, 0.25) is 0 Å². The highest BCUT2D eigenvalue weighted by Crippen LogP contribution is 2.41. The van der Waals surface area contributed by atoms with Crippen molar-refractivity contribution in [3.8, 4) is 0 Å². The van der Waals surface area contributed by atoms with Gasteiger partial charge in [-0.05, 0) is 68.6 Å². The van der Waals surface area contributed by atoms with Gasteiger partial charge in [-0.25, -0.2) is 0 Å². The summed E-state index contributed by atoms with van der Waals surface area (Å²) in [7, 11) is 0. The van der Waals surface area contributed by atoms with Crippen molar-refractivity contribution in [2.24, 2.45) is 23.7 Å². The van der Waals surface area contributed by atoms with Crippen LogP contribution >= 0.6 is 12.6 Å². The second kappa shape index (κ2) is 13.2. The molecule has 1 fully saturated rings. The Hall–Kier alpha value is -0.110. The lowest BCUT2D eigenvalue weighted by Gasteiger charge is -2.38. The standard InChI is InChI=1S/C25H49NS/c1-7-24-19-23(18-20(3)22(24)5)15-11-9-10-14-21(4)26-17-13-12-16-25(6,27)8-2/h20,22-24,26-27H,4,7-19H2,1-3,5-6H3. The Labute approximate surface area is 177 Å². The van der Waals surface area contributed by atoms with Gasteiger partial charge in [-0.3, -0.25) is 0 Å². The quantitative estimate of drug-likeness (QED) is 0.224. The van der Waals surface area contributed by atoms with Gasteiger partial charge in [-0.1, -0.05) is 73.3 Å². The maximum Gasteiger partial charge on any atom is 0.0143 e. The Morgan fingerprint density at radius 1 is 1.07 bits per heavy atom. The van der Waals surface area contributed by atoms with Crippen LogP contribution in [0.25, 0.3) is 0 Å². The molecule has 0 aliphatic heterocycles. The molecule has 2 heteroatoms. The molecule has 0 saturated heterocycles. The molecule has 0 aromatic rings. The van der Waals surface area contributed by atoms with E-state index in [-0.39, 0.29) is 4.75 Å². The Bertz CT molecular complexity index is 403. The van der Waals surface area contributed by atoms with E-state index in [1.54, 1.807) is 0 Å². The molecule has 5 atom stereocenters. The average molecular weight is 396 g/mol. The topological polar surface area (TPSA) is 12.0 Å². The first-order chi connectivity index (χ1) is 12.8. The minimum Gasteiger partial charge on any atom is -0.389 e. The minimum atomic E-state index is 0.211. The molecule has 5 unspecified atom stereocenters. The van der Waals surface area contributed by atoms with Crippen molar-refractivity contribution < 1.29 is 0 Å². The molecule has 1 rings (SSSR count). The van der Waals surface area contributed by atoms with E-state index in [4.69, 9.17) is 12.6 Å². The van der Waals surface area contributed by atoms with Gasteiger partial charge in [0.15, 0.2) is 0 Å². The summed E-state index contributed by atoms with van der Waals surface area (Å²) < 4.78 is 0.211. The molecule has 1 N–H and O–H groups in total. The fourth-order valence-corrected chi connectivity index (χ4v) is 4.99. The SMILES string of the molecule is C=C(CCCCCC1CC(C)C(C)C(CC)C1)NCCCCC(C)(S)CC. The lowest BCUT2D eigenvalue weighted by molar-refractivity contribution is 0.119. The molecular formula is C25H49NS. The number of nitrogens with one attached hydrogen (secondary N) is 1. The van der Waals surface area contributed by atoms with Crippen LogP contribution in [-0.2, 0) is 0 Å². The Balaban J connectivity index is 2.02.